The maximum absolute atomic E-state index is 4.85. The van der Waals surface area contributed by atoms with E-state index in [2.05, 4.69) is 36.6 Å². The van der Waals surface area contributed by atoms with E-state index in [-0.39, 0.29) is 0 Å². The van der Waals surface area contributed by atoms with E-state index in [1.165, 1.54) is 23.4 Å². The van der Waals surface area contributed by atoms with Crippen LogP contribution in [0.4, 0.5) is 11.4 Å². The molecule has 3 rings (SSSR count). The van der Waals surface area contributed by atoms with Crippen molar-refractivity contribution in [3.8, 4) is 0 Å². The van der Waals surface area contributed by atoms with Gasteiger partial charge in [-0.1, -0.05) is 31.5 Å². The number of benzene rings is 1. The van der Waals surface area contributed by atoms with Gasteiger partial charge in [0.1, 0.15) is 0 Å². The number of para-hydroxylation sites is 2. The average molecular weight is 282 g/mol. The van der Waals surface area contributed by atoms with Crippen molar-refractivity contribution < 1.29 is 0 Å². The summed E-state index contributed by atoms with van der Waals surface area (Å²) >= 11 is 1.75. The van der Waals surface area contributed by atoms with Gasteiger partial charge in [0, 0.05) is 17.0 Å². The van der Waals surface area contributed by atoms with Crippen LogP contribution in [0.5, 0.6) is 0 Å². The van der Waals surface area contributed by atoms with E-state index in [0.717, 1.165) is 29.9 Å². The number of unbranched alkanes of at least 4 members (excludes halogenated alkanes) is 1. The molecule has 0 spiro atoms. The summed E-state index contributed by atoms with van der Waals surface area (Å²) in [6, 6.07) is 12.4. The van der Waals surface area contributed by atoms with Crippen molar-refractivity contribution in [1.82, 2.24) is 0 Å². The topological polar surface area (TPSA) is 24.7 Å². The molecule has 0 saturated heterocycles. The molecule has 0 bridgehead atoms. The summed E-state index contributed by atoms with van der Waals surface area (Å²) in [5, 5.41) is 2.11. The van der Waals surface area contributed by atoms with Crippen LogP contribution >= 0.6 is 11.3 Å². The lowest BCUT2D eigenvalue weighted by Crippen LogP contribution is -2.07. The molecule has 3 heteroatoms. The maximum Gasteiger partial charge on any atom is 0.0890 e. The second-order valence-electron chi connectivity index (χ2n) is 4.98. The number of thiophene rings is 1. The minimum absolute atomic E-state index is 0.870. The van der Waals surface area contributed by atoms with Crippen LogP contribution in [0.1, 0.15) is 37.5 Å². The molecule has 102 valence electrons. The fraction of sp³-hybridized carbons (Fsp3) is 0.294. The number of fused-ring (bicyclic) bond motifs is 1. The molecule has 1 aromatic heterocycles. The molecule has 0 amide bonds. The van der Waals surface area contributed by atoms with Crippen LogP contribution in [0.3, 0.4) is 0 Å². The monoisotopic (exact) mass is 282 g/mol. The second kappa shape index (κ2) is 6.14. The number of hydrogen-bond acceptors (Lipinski definition) is 3. The Kier molecular flexibility index (Phi) is 4.07. The molecule has 2 nitrogen and oxygen atoms in total. The van der Waals surface area contributed by atoms with Gasteiger partial charge in [-0.3, -0.25) is 4.99 Å². The van der Waals surface area contributed by atoms with Crippen LogP contribution in [0, 0.1) is 0 Å². The molecule has 0 saturated carbocycles. The Labute approximate surface area is 123 Å². The third-order valence-electron chi connectivity index (χ3n) is 3.41. The Morgan fingerprint density at radius 2 is 1.85 bits per heavy atom. The molecular weight excluding hydrogens is 264 g/mol. The van der Waals surface area contributed by atoms with Gasteiger partial charge in [0.2, 0.25) is 0 Å². The molecule has 0 aliphatic carbocycles. The highest BCUT2D eigenvalue weighted by atomic mass is 32.1. The van der Waals surface area contributed by atoms with Crippen LogP contribution in [0.25, 0.3) is 0 Å². The minimum atomic E-state index is 0.870. The lowest BCUT2D eigenvalue weighted by atomic mass is 10.1. The molecule has 1 aromatic carbocycles. The van der Waals surface area contributed by atoms with Gasteiger partial charge >= 0.3 is 0 Å². The first-order valence-corrected chi connectivity index (χ1v) is 8.01. The lowest BCUT2D eigenvalue weighted by molar-refractivity contribution is 0.831. The Bertz CT molecular complexity index is 639. The number of hydrogen-bond donors (Lipinski definition) is 0. The first-order valence-electron chi connectivity index (χ1n) is 7.13. The van der Waals surface area contributed by atoms with Crippen LogP contribution in [-0.4, -0.2) is 11.4 Å². The zero-order chi connectivity index (χ0) is 13.8. The van der Waals surface area contributed by atoms with Crippen molar-refractivity contribution in [2.45, 2.75) is 32.6 Å². The highest BCUT2D eigenvalue weighted by Gasteiger charge is 2.14. The van der Waals surface area contributed by atoms with Crippen molar-refractivity contribution in [2.24, 2.45) is 9.98 Å². The Morgan fingerprint density at radius 1 is 1.05 bits per heavy atom. The normalized spacial score (nSPS) is 14.2. The standard InChI is InChI=1S/C17H18N2S/c1-2-3-7-13-12-16(17-10-6-11-20-17)19-15-9-5-4-8-14(15)18-13/h4-6,8-11H,2-3,7,12H2,1H3. The maximum atomic E-state index is 4.85. The van der Waals surface area contributed by atoms with Crippen molar-refractivity contribution in [2.75, 3.05) is 0 Å². The largest absolute Gasteiger partial charge is 0.255 e. The first kappa shape index (κ1) is 13.3. The van der Waals surface area contributed by atoms with Gasteiger partial charge in [-0.05, 0) is 36.4 Å². The molecule has 0 atom stereocenters. The lowest BCUT2D eigenvalue weighted by Gasteiger charge is -2.05. The van der Waals surface area contributed by atoms with Crippen molar-refractivity contribution >= 4 is 34.1 Å². The van der Waals surface area contributed by atoms with Gasteiger partial charge in [0.15, 0.2) is 0 Å². The molecule has 0 radical (unpaired) electrons. The molecule has 2 heterocycles. The fourth-order valence-electron chi connectivity index (χ4n) is 2.35. The van der Waals surface area contributed by atoms with Crippen molar-refractivity contribution in [3.63, 3.8) is 0 Å². The molecule has 1 aliphatic heterocycles. The average Bonchev–Trinajstić information content (AvgIpc) is 2.93. The Hall–Kier alpha value is -1.74. The predicted molar refractivity (Wildman–Crippen MR) is 88.2 cm³/mol. The summed E-state index contributed by atoms with van der Waals surface area (Å²) in [6.45, 7) is 2.22. The molecule has 20 heavy (non-hydrogen) atoms. The van der Waals surface area contributed by atoms with E-state index in [1.54, 1.807) is 11.3 Å². The smallest absolute Gasteiger partial charge is 0.0890 e. The molecule has 1 aliphatic rings. The summed E-state index contributed by atoms with van der Waals surface area (Å²) in [5.41, 5.74) is 4.40. The van der Waals surface area contributed by atoms with Gasteiger partial charge in [-0.25, -0.2) is 4.99 Å². The van der Waals surface area contributed by atoms with Gasteiger partial charge in [0.25, 0.3) is 0 Å². The highest BCUT2D eigenvalue weighted by Crippen LogP contribution is 2.32. The van der Waals surface area contributed by atoms with Gasteiger partial charge in [-0.15, -0.1) is 11.3 Å². The zero-order valence-electron chi connectivity index (χ0n) is 11.7. The summed E-state index contributed by atoms with van der Waals surface area (Å²) in [5.74, 6) is 0. The molecule has 0 unspecified atom stereocenters. The SMILES string of the molecule is CCCCC1=Nc2ccccc2N=C(c2cccs2)C1. The van der Waals surface area contributed by atoms with Gasteiger partial charge < -0.3 is 0 Å². The van der Waals surface area contributed by atoms with Crippen LogP contribution in [0.15, 0.2) is 51.8 Å². The summed E-state index contributed by atoms with van der Waals surface area (Å²) < 4.78 is 0. The van der Waals surface area contributed by atoms with Gasteiger partial charge in [-0.2, -0.15) is 0 Å². The van der Waals surface area contributed by atoms with Crippen LogP contribution in [0.2, 0.25) is 0 Å². The van der Waals surface area contributed by atoms with E-state index >= 15 is 0 Å². The Morgan fingerprint density at radius 3 is 2.55 bits per heavy atom. The third kappa shape index (κ3) is 2.88. The van der Waals surface area contributed by atoms with E-state index in [0.29, 0.717) is 0 Å². The number of nitrogens with zero attached hydrogens (tertiary/aromatic N) is 2. The Balaban J connectivity index is 2.01. The van der Waals surface area contributed by atoms with Crippen LogP contribution in [-0.2, 0) is 0 Å². The van der Waals surface area contributed by atoms with E-state index in [4.69, 9.17) is 9.98 Å². The van der Waals surface area contributed by atoms with Crippen molar-refractivity contribution in [1.29, 1.82) is 0 Å². The van der Waals surface area contributed by atoms with Crippen molar-refractivity contribution in [3.05, 3.63) is 46.7 Å². The molecule has 0 fully saturated rings. The fourth-order valence-corrected chi connectivity index (χ4v) is 3.07. The molecule has 2 aromatic rings. The summed E-state index contributed by atoms with van der Waals surface area (Å²) in [4.78, 5) is 11.0. The second-order valence-corrected chi connectivity index (χ2v) is 5.93. The van der Waals surface area contributed by atoms with E-state index < -0.39 is 0 Å². The van der Waals surface area contributed by atoms with Gasteiger partial charge in [0.05, 0.1) is 17.1 Å². The molecular formula is C17H18N2S. The third-order valence-corrected chi connectivity index (χ3v) is 4.33. The van der Waals surface area contributed by atoms with Crippen LogP contribution < -0.4 is 0 Å². The zero-order valence-corrected chi connectivity index (χ0v) is 12.5. The molecule has 0 N–H and O–H groups in total. The highest BCUT2D eigenvalue weighted by molar-refractivity contribution is 7.12. The predicted octanol–water partition coefficient (Wildman–Crippen LogP) is 5.54. The minimum Gasteiger partial charge on any atom is -0.255 e. The summed E-state index contributed by atoms with van der Waals surface area (Å²) in [6.07, 6.45) is 4.33. The quantitative estimate of drug-likeness (QED) is 0.704. The number of rotatable bonds is 4. The number of aliphatic imine (C=N–C) groups is 2. The summed E-state index contributed by atoms with van der Waals surface area (Å²) in [7, 11) is 0. The van der Waals surface area contributed by atoms with E-state index in [1.807, 2.05) is 12.1 Å². The first-order chi connectivity index (χ1) is 9.86. The van der Waals surface area contributed by atoms with E-state index in [9.17, 15) is 0 Å².